The molecule has 1 fully saturated rings. The molecule has 1 heterocycles. The van der Waals surface area contributed by atoms with Crippen LogP contribution in [0.1, 0.15) is 44.7 Å². The molecular formula is C18H16N2O3. The van der Waals surface area contributed by atoms with Crippen LogP contribution in [-0.2, 0) is 4.79 Å². The molecule has 0 saturated carbocycles. The van der Waals surface area contributed by atoms with Crippen molar-refractivity contribution in [1.82, 2.24) is 5.32 Å². The van der Waals surface area contributed by atoms with Crippen LogP contribution >= 0.6 is 0 Å². The minimum absolute atomic E-state index is 0.137. The Balaban J connectivity index is 0.000000220. The van der Waals surface area contributed by atoms with Gasteiger partial charge in [0.05, 0.1) is 5.56 Å². The third kappa shape index (κ3) is 2.73. The first kappa shape index (κ1) is 15.0. The van der Waals surface area contributed by atoms with E-state index in [9.17, 15) is 14.4 Å². The largest absolute Gasteiger partial charge is 0.398 e. The number of carbonyl (C=O) groups excluding carboxylic acids is 3. The van der Waals surface area contributed by atoms with Gasteiger partial charge in [0.25, 0.3) is 0 Å². The van der Waals surface area contributed by atoms with Crippen molar-refractivity contribution in [2.75, 3.05) is 12.3 Å². The normalized spacial score (nSPS) is 15.2. The number of ketones is 2. The molecule has 4 rings (SSSR count). The summed E-state index contributed by atoms with van der Waals surface area (Å²) in [6, 6.07) is 11.8. The maximum absolute atomic E-state index is 12.2. The lowest BCUT2D eigenvalue weighted by atomic mass is 9.83. The van der Waals surface area contributed by atoms with E-state index in [-0.39, 0.29) is 17.5 Å². The number of fused-ring (bicyclic) bond motifs is 2. The van der Waals surface area contributed by atoms with Crippen molar-refractivity contribution in [3.05, 3.63) is 64.7 Å². The maximum atomic E-state index is 12.2. The van der Waals surface area contributed by atoms with E-state index < -0.39 is 0 Å². The second-order valence-electron chi connectivity index (χ2n) is 5.43. The van der Waals surface area contributed by atoms with E-state index in [4.69, 9.17) is 5.73 Å². The number of nitrogens with two attached hydrogens (primary N) is 1. The second-order valence-corrected chi connectivity index (χ2v) is 5.43. The SMILES string of the molecule is Nc1cccc2c1C(=O)c1ccccc1C2=O.O=C1CCCN1. The topological polar surface area (TPSA) is 89.3 Å². The van der Waals surface area contributed by atoms with Gasteiger partial charge in [-0.25, -0.2) is 0 Å². The van der Waals surface area contributed by atoms with Crippen LogP contribution in [0.4, 0.5) is 5.69 Å². The van der Waals surface area contributed by atoms with Crippen molar-refractivity contribution in [3.63, 3.8) is 0 Å². The van der Waals surface area contributed by atoms with Crippen molar-refractivity contribution in [2.45, 2.75) is 12.8 Å². The van der Waals surface area contributed by atoms with Gasteiger partial charge >= 0.3 is 0 Å². The van der Waals surface area contributed by atoms with Crippen LogP contribution in [0, 0.1) is 0 Å². The molecule has 1 aliphatic carbocycles. The van der Waals surface area contributed by atoms with Crippen molar-refractivity contribution in [2.24, 2.45) is 0 Å². The van der Waals surface area contributed by atoms with Gasteiger partial charge < -0.3 is 11.1 Å². The van der Waals surface area contributed by atoms with Crippen LogP contribution < -0.4 is 11.1 Å². The number of rotatable bonds is 0. The summed E-state index contributed by atoms with van der Waals surface area (Å²) in [4.78, 5) is 34.6. The third-order valence-electron chi connectivity index (χ3n) is 3.89. The molecule has 3 N–H and O–H groups in total. The van der Waals surface area contributed by atoms with E-state index >= 15 is 0 Å². The molecule has 5 nitrogen and oxygen atoms in total. The minimum Gasteiger partial charge on any atom is -0.398 e. The van der Waals surface area contributed by atoms with Gasteiger partial charge in [-0.15, -0.1) is 0 Å². The van der Waals surface area contributed by atoms with E-state index in [1.165, 1.54) is 0 Å². The first-order chi connectivity index (χ1) is 11.1. The van der Waals surface area contributed by atoms with Crippen LogP contribution in [0.15, 0.2) is 42.5 Å². The molecule has 0 unspecified atom stereocenters. The van der Waals surface area contributed by atoms with Gasteiger partial charge in [-0.3, -0.25) is 14.4 Å². The number of anilines is 1. The Labute approximate surface area is 133 Å². The van der Waals surface area contributed by atoms with Gasteiger partial charge in [0, 0.05) is 35.3 Å². The average molecular weight is 308 g/mol. The van der Waals surface area contributed by atoms with Gasteiger partial charge in [-0.1, -0.05) is 36.4 Å². The summed E-state index contributed by atoms with van der Waals surface area (Å²) >= 11 is 0. The summed E-state index contributed by atoms with van der Waals surface area (Å²) in [6.45, 7) is 0.888. The van der Waals surface area contributed by atoms with Crippen molar-refractivity contribution >= 4 is 23.2 Å². The first-order valence-corrected chi connectivity index (χ1v) is 7.43. The zero-order valence-corrected chi connectivity index (χ0v) is 12.5. The Morgan fingerprint density at radius 3 is 2.04 bits per heavy atom. The summed E-state index contributed by atoms with van der Waals surface area (Å²) < 4.78 is 0. The zero-order valence-electron chi connectivity index (χ0n) is 12.5. The van der Waals surface area contributed by atoms with Crippen LogP contribution in [0.25, 0.3) is 0 Å². The summed E-state index contributed by atoms with van der Waals surface area (Å²) in [5, 5.41) is 2.68. The van der Waals surface area contributed by atoms with Crippen LogP contribution in [0.5, 0.6) is 0 Å². The van der Waals surface area contributed by atoms with Gasteiger partial charge in [-0.05, 0) is 12.5 Å². The number of carbonyl (C=O) groups is 3. The summed E-state index contributed by atoms with van der Waals surface area (Å²) in [5.74, 6) is -0.106. The van der Waals surface area contributed by atoms with Crippen LogP contribution in [0.3, 0.4) is 0 Å². The van der Waals surface area contributed by atoms with E-state index in [0.717, 1.165) is 19.4 Å². The van der Waals surface area contributed by atoms with Crippen molar-refractivity contribution in [1.29, 1.82) is 0 Å². The monoisotopic (exact) mass is 308 g/mol. The van der Waals surface area contributed by atoms with Gasteiger partial charge in [0.1, 0.15) is 0 Å². The van der Waals surface area contributed by atoms with E-state index in [1.54, 1.807) is 42.5 Å². The van der Waals surface area contributed by atoms with Crippen LogP contribution in [0.2, 0.25) is 0 Å². The fraction of sp³-hybridized carbons (Fsp3) is 0.167. The van der Waals surface area contributed by atoms with Crippen LogP contribution in [-0.4, -0.2) is 24.0 Å². The number of amides is 1. The van der Waals surface area contributed by atoms with Gasteiger partial charge in [-0.2, -0.15) is 0 Å². The Morgan fingerprint density at radius 2 is 1.48 bits per heavy atom. The highest BCUT2D eigenvalue weighted by atomic mass is 16.2. The summed E-state index contributed by atoms with van der Waals surface area (Å²) in [6.07, 6.45) is 1.76. The highest BCUT2D eigenvalue weighted by molar-refractivity contribution is 6.29. The Hall–Kier alpha value is -2.95. The molecule has 0 spiro atoms. The standard InChI is InChI=1S/C14H9NO2.C4H7NO/c15-11-7-3-6-10-12(11)14(17)9-5-2-1-4-8(9)13(10)16;6-4-2-1-3-5-4/h1-7H,15H2;1-3H2,(H,5,6). The van der Waals surface area contributed by atoms with E-state index in [1.807, 2.05) is 0 Å². The summed E-state index contributed by atoms with van der Waals surface area (Å²) in [7, 11) is 0. The number of benzene rings is 2. The van der Waals surface area contributed by atoms with E-state index in [2.05, 4.69) is 5.32 Å². The van der Waals surface area contributed by atoms with Crippen molar-refractivity contribution < 1.29 is 14.4 Å². The molecule has 2 aromatic rings. The number of nitrogen functional groups attached to an aromatic ring is 1. The molecule has 1 saturated heterocycles. The van der Waals surface area contributed by atoms with Crippen molar-refractivity contribution in [3.8, 4) is 0 Å². The molecule has 1 amide bonds. The molecular weight excluding hydrogens is 292 g/mol. The quantitative estimate of drug-likeness (QED) is 0.621. The molecule has 0 bridgehead atoms. The number of hydrogen-bond donors (Lipinski definition) is 2. The lowest BCUT2D eigenvalue weighted by Crippen LogP contribution is -2.22. The second kappa shape index (κ2) is 6.04. The minimum atomic E-state index is -0.173. The smallest absolute Gasteiger partial charge is 0.220 e. The number of hydrogen-bond acceptors (Lipinski definition) is 4. The van der Waals surface area contributed by atoms with E-state index in [0.29, 0.717) is 27.9 Å². The molecule has 2 aromatic carbocycles. The molecule has 23 heavy (non-hydrogen) atoms. The highest BCUT2D eigenvalue weighted by Crippen LogP contribution is 2.30. The Morgan fingerprint density at radius 1 is 0.826 bits per heavy atom. The lowest BCUT2D eigenvalue weighted by Gasteiger charge is -2.18. The fourth-order valence-corrected chi connectivity index (χ4v) is 2.74. The zero-order chi connectivity index (χ0) is 16.4. The first-order valence-electron chi connectivity index (χ1n) is 7.43. The molecule has 1 aliphatic heterocycles. The molecule has 0 radical (unpaired) electrons. The van der Waals surface area contributed by atoms with Gasteiger partial charge in [0.15, 0.2) is 11.6 Å². The molecule has 0 atom stereocenters. The Kier molecular flexibility index (Phi) is 3.93. The lowest BCUT2D eigenvalue weighted by molar-refractivity contribution is -0.119. The average Bonchev–Trinajstić information content (AvgIpc) is 3.04. The Bertz CT molecular complexity index is 804. The molecule has 0 aromatic heterocycles. The maximum Gasteiger partial charge on any atom is 0.220 e. The predicted octanol–water partition coefficient (Wildman–Crippen LogP) is 1.94. The highest BCUT2D eigenvalue weighted by Gasteiger charge is 2.30. The molecule has 116 valence electrons. The van der Waals surface area contributed by atoms with Gasteiger partial charge in [0.2, 0.25) is 5.91 Å². The third-order valence-corrected chi connectivity index (χ3v) is 3.89. The number of nitrogens with one attached hydrogen (secondary N) is 1. The summed E-state index contributed by atoms with van der Waals surface area (Å²) in [5.41, 5.74) is 7.75. The molecule has 5 heteroatoms. The molecule has 2 aliphatic rings. The predicted molar refractivity (Wildman–Crippen MR) is 86.4 cm³/mol. The fourth-order valence-electron chi connectivity index (χ4n) is 2.74.